The number of ether oxygens (including phenoxy) is 1. The summed E-state index contributed by atoms with van der Waals surface area (Å²) in [5.41, 5.74) is 4.06. The van der Waals surface area contributed by atoms with Crippen molar-refractivity contribution in [2.75, 3.05) is 13.2 Å². The second-order valence-electron chi connectivity index (χ2n) is 5.65. The lowest BCUT2D eigenvalue weighted by molar-refractivity contribution is 0.347. The van der Waals surface area contributed by atoms with Gasteiger partial charge < -0.3 is 10.1 Å². The van der Waals surface area contributed by atoms with E-state index in [9.17, 15) is 0 Å². The third-order valence-corrected chi connectivity index (χ3v) is 4.01. The SMILES string of the molecule is C=C(CC)COc1ccc2c(c1)CCCC2NCCC. The minimum Gasteiger partial charge on any atom is -0.489 e. The van der Waals surface area contributed by atoms with Gasteiger partial charge in [-0.1, -0.05) is 26.5 Å². The van der Waals surface area contributed by atoms with Crippen LogP contribution < -0.4 is 10.1 Å². The lowest BCUT2D eigenvalue weighted by atomic mass is 9.87. The van der Waals surface area contributed by atoms with Crippen molar-refractivity contribution >= 4 is 0 Å². The van der Waals surface area contributed by atoms with Crippen molar-refractivity contribution in [3.05, 3.63) is 41.5 Å². The van der Waals surface area contributed by atoms with E-state index in [4.69, 9.17) is 4.74 Å². The van der Waals surface area contributed by atoms with Gasteiger partial charge in [-0.2, -0.15) is 0 Å². The van der Waals surface area contributed by atoms with Crippen LogP contribution in [0.2, 0.25) is 0 Å². The molecule has 1 aromatic carbocycles. The monoisotopic (exact) mass is 273 g/mol. The summed E-state index contributed by atoms with van der Waals surface area (Å²) in [7, 11) is 0. The van der Waals surface area contributed by atoms with E-state index in [-0.39, 0.29) is 0 Å². The Bertz CT molecular complexity index is 453. The molecule has 0 bridgehead atoms. The molecule has 1 unspecified atom stereocenters. The van der Waals surface area contributed by atoms with Gasteiger partial charge in [-0.05, 0) is 67.5 Å². The summed E-state index contributed by atoms with van der Waals surface area (Å²) >= 11 is 0. The lowest BCUT2D eigenvalue weighted by Gasteiger charge is -2.27. The number of hydrogen-bond donors (Lipinski definition) is 1. The van der Waals surface area contributed by atoms with Crippen LogP contribution in [-0.2, 0) is 6.42 Å². The molecule has 0 radical (unpaired) electrons. The van der Waals surface area contributed by atoms with Gasteiger partial charge in [0.2, 0.25) is 0 Å². The predicted molar refractivity (Wildman–Crippen MR) is 85.3 cm³/mol. The Morgan fingerprint density at radius 3 is 3.00 bits per heavy atom. The van der Waals surface area contributed by atoms with Crippen LogP contribution in [0.3, 0.4) is 0 Å². The smallest absolute Gasteiger partial charge is 0.120 e. The van der Waals surface area contributed by atoms with Crippen LogP contribution in [0, 0.1) is 0 Å². The first-order valence-corrected chi connectivity index (χ1v) is 7.90. The van der Waals surface area contributed by atoms with Crippen molar-refractivity contribution in [2.24, 2.45) is 0 Å². The zero-order valence-electron chi connectivity index (χ0n) is 12.9. The van der Waals surface area contributed by atoms with Gasteiger partial charge in [0, 0.05) is 6.04 Å². The van der Waals surface area contributed by atoms with Crippen LogP contribution >= 0.6 is 0 Å². The molecule has 1 aromatic rings. The van der Waals surface area contributed by atoms with E-state index in [2.05, 4.69) is 43.9 Å². The number of benzene rings is 1. The van der Waals surface area contributed by atoms with Gasteiger partial charge in [0.05, 0.1) is 0 Å². The summed E-state index contributed by atoms with van der Waals surface area (Å²) in [4.78, 5) is 0. The van der Waals surface area contributed by atoms with Crippen LogP contribution in [0.15, 0.2) is 30.4 Å². The van der Waals surface area contributed by atoms with Gasteiger partial charge in [0.15, 0.2) is 0 Å². The fourth-order valence-electron chi connectivity index (χ4n) is 2.70. The van der Waals surface area contributed by atoms with Crippen LogP contribution in [-0.4, -0.2) is 13.2 Å². The molecule has 2 heteroatoms. The van der Waals surface area contributed by atoms with Gasteiger partial charge >= 0.3 is 0 Å². The number of aryl methyl sites for hydroxylation is 1. The second-order valence-corrected chi connectivity index (χ2v) is 5.65. The first-order chi connectivity index (χ1) is 9.74. The Hall–Kier alpha value is -1.28. The molecule has 2 rings (SSSR count). The minimum absolute atomic E-state index is 0.526. The molecule has 0 spiro atoms. The molecule has 20 heavy (non-hydrogen) atoms. The zero-order valence-corrected chi connectivity index (χ0v) is 12.9. The number of nitrogens with one attached hydrogen (secondary N) is 1. The minimum atomic E-state index is 0.526. The van der Waals surface area contributed by atoms with Gasteiger partial charge in [0.25, 0.3) is 0 Å². The molecule has 1 aliphatic carbocycles. The fraction of sp³-hybridized carbons (Fsp3) is 0.556. The molecule has 0 heterocycles. The Balaban J connectivity index is 2.04. The van der Waals surface area contributed by atoms with Crippen molar-refractivity contribution in [2.45, 2.75) is 52.0 Å². The summed E-state index contributed by atoms with van der Waals surface area (Å²) in [6.07, 6.45) is 5.85. The van der Waals surface area contributed by atoms with Gasteiger partial charge in [-0.25, -0.2) is 0 Å². The molecule has 110 valence electrons. The third kappa shape index (κ3) is 3.86. The van der Waals surface area contributed by atoms with Gasteiger partial charge in [0.1, 0.15) is 12.4 Å². The highest BCUT2D eigenvalue weighted by Gasteiger charge is 2.19. The molecular formula is C18H27NO. The van der Waals surface area contributed by atoms with Gasteiger partial charge in [-0.3, -0.25) is 0 Å². The lowest BCUT2D eigenvalue weighted by Crippen LogP contribution is -2.25. The van der Waals surface area contributed by atoms with Crippen molar-refractivity contribution in [3.63, 3.8) is 0 Å². The Morgan fingerprint density at radius 1 is 1.40 bits per heavy atom. The normalized spacial score (nSPS) is 17.6. The zero-order chi connectivity index (χ0) is 14.4. The number of rotatable bonds is 7. The van der Waals surface area contributed by atoms with E-state index < -0.39 is 0 Å². The van der Waals surface area contributed by atoms with E-state index in [0.29, 0.717) is 12.6 Å². The summed E-state index contributed by atoms with van der Waals surface area (Å²) in [5, 5.41) is 3.65. The molecule has 0 saturated carbocycles. The van der Waals surface area contributed by atoms with Crippen LogP contribution in [0.1, 0.15) is 56.7 Å². The van der Waals surface area contributed by atoms with E-state index in [0.717, 1.165) is 24.3 Å². The van der Waals surface area contributed by atoms with E-state index in [1.54, 1.807) is 0 Å². The molecule has 0 saturated heterocycles. The standard InChI is InChI=1S/C18H27NO/c1-4-11-19-18-8-6-7-15-12-16(9-10-17(15)18)20-13-14(3)5-2/h9-10,12,18-19H,3-8,11,13H2,1-2H3. The molecule has 1 aliphatic rings. The summed E-state index contributed by atoms with van der Waals surface area (Å²) in [5.74, 6) is 0.981. The molecule has 1 N–H and O–H groups in total. The van der Waals surface area contributed by atoms with Gasteiger partial charge in [-0.15, -0.1) is 0 Å². The number of hydrogen-bond acceptors (Lipinski definition) is 2. The van der Waals surface area contributed by atoms with Crippen molar-refractivity contribution in [1.82, 2.24) is 5.32 Å². The Labute approximate surface area is 123 Å². The molecule has 0 fully saturated rings. The summed E-state index contributed by atoms with van der Waals surface area (Å²) in [6, 6.07) is 7.09. The topological polar surface area (TPSA) is 21.3 Å². The molecular weight excluding hydrogens is 246 g/mol. The Morgan fingerprint density at radius 2 is 2.25 bits per heavy atom. The van der Waals surface area contributed by atoms with E-state index >= 15 is 0 Å². The van der Waals surface area contributed by atoms with Crippen molar-refractivity contribution in [1.29, 1.82) is 0 Å². The second kappa shape index (κ2) is 7.49. The Kier molecular flexibility index (Phi) is 5.66. The molecule has 0 aliphatic heterocycles. The van der Waals surface area contributed by atoms with Crippen molar-refractivity contribution in [3.8, 4) is 5.75 Å². The average molecular weight is 273 g/mol. The highest BCUT2D eigenvalue weighted by Crippen LogP contribution is 2.32. The average Bonchev–Trinajstić information content (AvgIpc) is 2.50. The molecule has 0 aromatic heterocycles. The van der Waals surface area contributed by atoms with Crippen LogP contribution in [0.5, 0.6) is 5.75 Å². The highest BCUT2D eigenvalue weighted by atomic mass is 16.5. The van der Waals surface area contributed by atoms with E-state index in [1.165, 1.54) is 36.8 Å². The first-order valence-electron chi connectivity index (χ1n) is 7.90. The first kappa shape index (κ1) is 15.1. The highest BCUT2D eigenvalue weighted by molar-refractivity contribution is 5.39. The maximum absolute atomic E-state index is 5.82. The number of fused-ring (bicyclic) bond motifs is 1. The summed E-state index contributed by atoms with van der Waals surface area (Å²) in [6.45, 7) is 10.0. The van der Waals surface area contributed by atoms with Crippen molar-refractivity contribution < 1.29 is 4.74 Å². The maximum Gasteiger partial charge on any atom is 0.120 e. The largest absolute Gasteiger partial charge is 0.489 e. The quantitative estimate of drug-likeness (QED) is 0.743. The molecule has 1 atom stereocenters. The maximum atomic E-state index is 5.82. The van der Waals surface area contributed by atoms with E-state index in [1.807, 2.05) is 0 Å². The van der Waals surface area contributed by atoms with Crippen LogP contribution in [0.4, 0.5) is 0 Å². The summed E-state index contributed by atoms with van der Waals surface area (Å²) < 4.78 is 5.82. The van der Waals surface area contributed by atoms with Crippen LogP contribution in [0.25, 0.3) is 0 Å². The fourth-order valence-corrected chi connectivity index (χ4v) is 2.70. The molecule has 2 nitrogen and oxygen atoms in total. The third-order valence-electron chi connectivity index (χ3n) is 4.01. The predicted octanol–water partition coefficient (Wildman–Crippen LogP) is 4.41. The molecule has 0 amide bonds.